The van der Waals surface area contributed by atoms with Gasteiger partial charge in [0.1, 0.15) is 17.5 Å². The maximum atomic E-state index is 13.9. The Morgan fingerprint density at radius 3 is 2.48 bits per heavy atom. The number of nitrogens with two attached hydrogens (primary N) is 1. The first-order chi connectivity index (χ1) is 9.99. The molecule has 0 radical (unpaired) electrons. The van der Waals surface area contributed by atoms with E-state index in [1.165, 1.54) is 10.9 Å². The standard InChI is InChI=1S/C13H14ClF3N4/c1-2-3-21-13(8(14)6-19-21)12(20-18)11-9(16)4-7(15)5-10(11)17/h4-6,12,20H,2-3,18H2,1H3. The highest BCUT2D eigenvalue weighted by molar-refractivity contribution is 6.31. The van der Waals surface area contributed by atoms with E-state index in [1.807, 2.05) is 6.92 Å². The van der Waals surface area contributed by atoms with Gasteiger partial charge in [0.25, 0.3) is 0 Å². The largest absolute Gasteiger partial charge is 0.271 e. The fourth-order valence-corrected chi connectivity index (χ4v) is 2.43. The molecule has 114 valence electrons. The van der Waals surface area contributed by atoms with E-state index in [4.69, 9.17) is 17.4 Å². The first-order valence-corrected chi connectivity index (χ1v) is 6.69. The average Bonchev–Trinajstić information content (AvgIpc) is 2.75. The van der Waals surface area contributed by atoms with Crippen LogP contribution in [0, 0.1) is 17.5 Å². The fraction of sp³-hybridized carbons (Fsp3) is 0.308. The Hall–Kier alpha value is -1.57. The number of hydrazine groups is 1. The molecule has 1 atom stereocenters. The van der Waals surface area contributed by atoms with Crippen LogP contribution in [0.3, 0.4) is 0 Å². The molecular formula is C13H14ClF3N4. The zero-order chi connectivity index (χ0) is 15.6. The highest BCUT2D eigenvalue weighted by atomic mass is 35.5. The van der Waals surface area contributed by atoms with E-state index in [1.54, 1.807) is 0 Å². The molecule has 2 rings (SSSR count). The molecule has 1 heterocycles. The maximum Gasteiger partial charge on any atom is 0.134 e. The third kappa shape index (κ3) is 3.04. The SMILES string of the molecule is CCCn1ncc(Cl)c1C(NN)c1c(F)cc(F)cc1F. The van der Waals surface area contributed by atoms with E-state index >= 15 is 0 Å². The van der Waals surface area contributed by atoms with Crippen LogP contribution in [0.2, 0.25) is 5.02 Å². The van der Waals surface area contributed by atoms with Crippen molar-refractivity contribution in [1.82, 2.24) is 15.2 Å². The predicted octanol–water partition coefficient (Wildman–Crippen LogP) is 2.92. The van der Waals surface area contributed by atoms with Gasteiger partial charge in [0.05, 0.1) is 23.0 Å². The highest BCUT2D eigenvalue weighted by Crippen LogP contribution is 2.31. The summed E-state index contributed by atoms with van der Waals surface area (Å²) >= 11 is 6.04. The Morgan fingerprint density at radius 1 is 1.33 bits per heavy atom. The summed E-state index contributed by atoms with van der Waals surface area (Å²) in [5.41, 5.74) is 2.23. The monoisotopic (exact) mass is 318 g/mol. The van der Waals surface area contributed by atoms with Crippen LogP contribution in [0.5, 0.6) is 0 Å². The highest BCUT2D eigenvalue weighted by Gasteiger charge is 2.27. The molecule has 0 fully saturated rings. The number of hydrogen-bond donors (Lipinski definition) is 2. The molecule has 1 aromatic carbocycles. The van der Waals surface area contributed by atoms with Crippen molar-refractivity contribution in [2.45, 2.75) is 25.9 Å². The number of nitrogens with zero attached hydrogens (tertiary/aromatic N) is 2. The van der Waals surface area contributed by atoms with Gasteiger partial charge in [-0.1, -0.05) is 18.5 Å². The van der Waals surface area contributed by atoms with E-state index in [-0.39, 0.29) is 5.02 Å². The second-order valence-corrected chi connectivity index (χ2v) is 4.89. The molecule has 0 saturated carbocycles. The number of hydrogen-bond acceptors (Lipinski definition) is 3. The molecule has 1 unspecified atom stereocenters. The van der Waals surface area contributed by atoms with Crippen LogP contribution in [0.15, 0.2) is 18.3 Å². The Morgan fingerprint density at radius 2 is 1.95 bits per heavy atom. The summed E-state index contributed by atoms with van der Waals surface area (Å²) < 4.78 is 42.4. The molecule has 21 heavy (non-hydrogen) atoms. The molecule has 0 saturated heterocycles. The fourth-order valence-electron chi connectivity index (χ4n) is 2.18. The van der Waals surface area contributed by atoms with Gasteiger partial charge < -0.3 is 0 Å². The Labute approximate surface area is 124 Å². The number of nitrogens with one attached hydrogen (secondary N) is 1. The molecule has 0 amide bonds. The number of halogens is 4. The third-order valence-corrected chi connectivity index (χ3v) is 3.33. The summed E-state index contributed by atoms with van der Waals surface area (Å²) in [5, 5.41) is 4.26. The van der Waals surface area contributed by atoms with Crippen LogP contribution in [0.4, 0.5) is 13.2 Å². The summed E-state index contributed by atoms with van der Waals surface area (Å²) in [7, 11) is 0. The van der Waals surface area contributed by atoms with Gasteiger partial charge in [-0.2, -0.15) is 5.10 Å². The number of rotatable bonds is 5. The van der Waals surface area contributed by atoms with Crippen LogP contribution >= 0.6 is 11.6 Å². The van der Waals surface area contributed by atoms with Crippen molar-refractivity contribution in [1.29, 1.82) is 0 Å². The first-order valence-electron chi connectivity index (χ1n) is 6.31. The number of benzene rings is 1. The molecule has 0 aliphatic carbocycles. The molecule has 0 bridgehead atoms. The normalized spacial score (nSPS) is 12.7. The van der Waals surface area contributed by atoms with Crippen LogP contribution < -0.4 is 11.3 Å². The predicted molar refractivity (Wildman–Crippen MR) is 73.0 cm³/mol. The number of aryl methyl sites for hydroxylation is 1. The summed E-state index contributed by atoms with van der Waals surface area (Å²) in [6, 6.07) is 0.112. The quantitative estimate of drug-likeness (QED) is 0.658. The summed E-state index contributed by atoms with van der Waals surface area (Å²) in [5.74, 6) is 2.34. The Balaban J connectivity index is 2.58. The molecule has 0 spiro atoms. The minimum atomic E-state index is -1.08. The Bertz CT molecular complexity index is 621. The van der Waals surface area contributed by atoms with Gasteiger partial charge >= 0.3 is 0 Å². The van der Waals surface area contributed by atoms with Crippen LogP contribution in [-0.4, -0.2) is 9.78 Å². The van der Waals surface area contributed by atoms with E-state index in [2.05, 4.69) is 10.5 Å². The maximum absolute atomic E-state index is 13.9. The van der Waals surface area contributed by atoms with E-state index in [9.17, 15) is 13.2 Å². The van der Waals surface area contributed by atoms with Crippen molar-refractivity contribution >= 4 is 11.6 Å². The van der Waals surface area contributed by atoms with Crippen molar-refractivity contribution in [2.75, 3.05) is 0 Å². The molecule has 0 aliphatic heterocycles. The third-order valence-electron chi connectivity index (χ3n) is 3.04. The van der Waals surface area contributed by atoms with Crippen molar-refractivity contribution in [3.05, 3.63) is 52.1 Å². The van der Waals surface area contributed by atoms with Crippen LogP contribution in [-0.2, 0) is 6.54 Å². The van der Waals surface area contributed by atoms with Crippen molar-refractivity contribution in [2.24, 2.45) is 5.84 Å². The second-order valence-electron chi connectivity index (χ2n) is 4.48. The Kier molecular flexibility index (Phi) is 4.87. The van der Waals surface area contributed by atoms with Crippen molar-refractivity contribution < 1.29 is 13.2 Å². The van der Waals surface area contributed by atoms with E-state index in [0.29, 0.717) is 24.4 Å². The molecule has 0 aliphatic rings. The lowest BCUT2D eigenvalue weighted by molar-refractivity contribution is 0.467. The van der Waals surface area contributed by atoms with Gasteiger partial charge in [-0.05, 0) is 6.42 Å². The van der Waals surface area contributed by atoms with Gasteiger partial charge in [-0.15, -0.1) is 0 Å². The lowest BCUT2D eigenvalue weighted by atomic mass is 10.0. The number of aromatic nitrogens is 2. The molecule has 2 aromatic rings. The lowest BCUT2D eigenvalue weighted by Gasteiger charge is -2.20. The second kappa shape index (κ2) is 6.46. The molecule has 4 nitrogen and oxygen atoms in total. The van der Waals surface area contributed by atoms with Crippen LogP contribution in [0.1, 0.15) is 30.6 Å². The topological polar surface area (TPSA) is 55.9 Å². The summed E-state index contributed by atoms with van der Waals surface area (Å²) in [4.78, 5) is 0. The minimum Gasteiger partial charge on any atom is -0.271 e. The lowest BCUT2D eigenvalue weighted by Crippen LogP contribution is -2.32. The molecule has 8 heteroatoms. The first kappa shape index (κ1) is 15.8. The van der Waals surface area contributed by atoms with E-state index in [0.717, 1.165) is 6.42 Å². The van der Waals surface area contributed by atoms with Gasteiger partial charge in [-0.25, -0.2) is 18.6 Å². The zero-order valence-corrected chi connectivity index (χ0v) is 12.0. The van der Waals surface area contributed by atoms with Crippen molar-refractivity contribution in [3.63, 3.8) is 0 Å². The van der Waals surface area contributed by atoms with Crippen LogP contribution in [0.25, 0.3) is 0 Å². The van der Waals surface area contributed by atoms with Gasteiger partial charge in [-0.3, -0.25) is 10.5 Å². The summed E-state index contributed by atoms with van der Waals surface area (Å²) in [6.07, 6.45) is 2.12. The smallest absolute Gasteiger partial charge is 0.134 e. The van der Waals surface area contributed by atoms with Gasteiger partial charge in [0, 0.05) is 24.2 Å². The average molecular weight is 319 g/mol. The molecule has 3 N–H and O–H groups in total. The van der Waals surface area contributed by atoms with Crippen molar-refractivity contribution in [3.8, 4) is 0 Å². The minimum absolute atomic E-state index is 0.217. The summed E-state index contributed by atoms with van der Waals surface area (Å²) in [6.45, 7) is 2.42. The zero-order valence-electron chi connectivity index (χ0n) is 11.2. The molecular weight excluding hydrogens is 305 g/mol. The van der Waals surface area contributed by atoms with E-state index < -0.39 is 29.1 Å². The van der Waals surface area contributed by atoms with Gasteiger partial charge in [0.15, 0.2) is 0 Å². The van der Waals surface area contributed by atoms with Gasteiger partial charge in [0.2, 0.25) is 0 Å². The molecule has 1 aromatic heterocycles.